The monoisotopic (exact) mass is 379 g/mol. The molecule has 0 amide bonds. The van der Waals surface area contributed by atoms with Crippen molar-refractivity contribution in [3.05, 3.63) is 54.4 Å². The zero-order chi connectivity index (χ0) is 19.4. The number of nitrogens with one attached hydrogen (secondary N) is 1. The maximum atomic E-state index is 5.28. The van der Waals surface area contributed by atoms with Gasteiger partial charge in [0.1, 0.15) is 11.5 Å². The van der Waals surface area contributed by atoms with E-state index < -0.39 is 0 Å². The molecule has 1 fully saturated rings. The van der Waals surface area contributed by atoms with Crippen molar-refractivity contribution in [1.29, 1.82) is 0 Å². The van der Waals surface area contributed by atoms with Gasteiger partial charge in [0.05, 0.1) is 25.4 Å². The average molecular weight is 379 g/mol. The lowest BCUT2D eigenvalue weighted by Crippen LogP contribution is -2.40. The molecule has 0 saturated heterocycles. The summed E-state index contributed by atoms with van der Waals surface area (Å²) in [6.45, 7) is 0. The summed E-state index contributed by atoms with van der Waals surface area (Å²) >= 11 is 0. The fourth-order valence-corrected chi connectivity index (χ4v) is 3.89. The minimum atomic E-state index is -0.309. The highest BCUT2D eigenvalue weighted by Crippen LogP contribution is 2.39. The highest BCUT2D eigenvalue weighted by molar-refractivity contribution is 5.50. The predicted octanol–water partition coefficient (Wildman–Crippen LogP) is 3.95. The highest BCUT2D eigenvalue weighted by atomic mass is 16.5. The van der Waals surface area contributed by atoms with E-state index >= 15 is 0 Å². The molecular formula is C21H25N5O2. The number of tetrazole rings is 1. The average Bonchev–Trinajstić information content (AvgIpc) is 3.26. The highest BCUT2D eigenvalue weighted by Gasteiger charge is 2.39. The Labute approximate surface area is 164 Å². The normalized spacial score (nSPS) is 15.8. The number of benzene rings is 2. The van der Waals surface area contributed by atoms with Crippen LogP contribution in [0.4, 0.5) is 5.69 Å². The summed E-state index contributed by atoms with van der Waals surface area (Å²) in [5.74, 6) is 2.49. The van der Waals surface area contributed by atoms with Crippen molar-refractivity contribution < 1.29 is 9.47 Å². The van der Waals surface area contributed by atoms with Gasteiger partial charge in [0, 0.05) is 5.69 Å². The molecule has 2 aromatic carbocycles. The Morgan fingerprint density at radius 2 is 1.46 bits per heavy atom. The molecule has 0 spiro atoms. The van der Waals surface area contributed by atoms with E-state index in [-0.39, 0.29) is 5.54 Å². The van der Waals surface area contributed by atoms with E-state index in [1.54, 1.807) is 14.2 Å². The van der Waals surface area contributed by atoms with Gasteiger partial charge in [-0.1, -0.05) is 19.3 Å². The minimum absolute atomic E-state index is 0.309. The van der Waals surface area contributed by atoms with Gasteiger partial charge in [-0.25, -0.2) is 0 Å². The summed E-state index contributed by atoms with van der Waals surface area (Å²) in [6.07, 6.45) is 5.47. The van der Waals surface area contributed by atoms with E-state index in [2.05, 4.69) is 20.8 Å². The van der Waals surface area contributed by atoms with Gasteiger partial charge >= 0.3 is 0 Å². The number of anilines is 1. The molecule has 1 aliphatic rings. The van der Waals surface area contributed by atoms with Crippen LogP contribution >= 0.6 is 0 Å². The first-order chi connectivity index (χ1) is 13.7. The molecule has 1 saturated carbocycles. The molecule has 1 N–H and O–H groups in total. The molecule has 1 aliphatic carbocycles. The molecule has 1 heterocycles. The van der Waals surface area contributed by atoms with Crippen LogP contribution in [-0.2, 0) is 5.54 Å². The number of aromatic nitrogens is 4. The lowest BCUT2D eigenvalue weighted by molar-refractivity contribution is 0.309. The molecule has 7 nitrogen and oxygen atoms in total. The van der Waals surface area contributed by atoms with Gasteiger partial charge in [0.25, 0.3) is 0 Å². The Balaban J connectivity index is 1.70. The third-order valence-electron chi connectivity index (χ3n) is 5.40. The molecule has 3 aromatic rings. The van der Waals surface area contributed by atoms with Crippen LogP contribution in [0, 0.1) is 0 Å². The lowest BCUT2D eigenvalue weighted by Gasteiger charge is -2.37. The molecule has 4 rings (SSSR count). The van der Waals surface area contributed by atoms with Crippen LogP contribution in [0.5, 0.6) is 11.5 Å². The number of rotatable bonds is 6. The van der Waals surface area contributed by atoms with Crippen molar-refractivity contribution in [2.75, 3.05) is 19.5 Å². The van der Waals surface area contributed by atoms with Crippen LogP contribution in [0.1, 0.15) is 37.9 Å². The number of nitrogens with zero attached hydrogens (tertiary/aromatic N) is 4. The third-order valence-corrected chi connectivity index (χ3v) is 5.40. The van der Waals surface area contributed by atoms with Crippen LogP contribution < -0.4 is 14.8 Å². The van der Waals surface area contributed by atoms with E-state index in [1.807, 2.05) is 53.2 Å². The minimum Gasteiger partial charge on any atom is -0.497 e. The molecule has 1 aromatic heterocycles. The molecule has 0 unspecified atom stereocenters. The summed E-state index contributed by atoms with van der Waals surface area (Å²) in [4.78, 5) is 0. The van der Waals surface area contributed by atoms with Gasteiger partial charge in [0.2, 0.25) is 0 Å². The Hall–Kier alpha value is -3.09. The fraction of sp³-hybridized carbons (Fsp3) is 0.381. The van der Waals surface area contributed by atoms with Gasteiger partial charge in [-0.2, -0.15) is 4.68 Å². The molecule has 7 heteroatoms. The second-order valence-electron chi connectivity index (χ2n) is 7.11. The molecule has 28 heavy (non-hydrogen) atoms. The van der Waals surface area contributed by atoms with Gasteiger partial charge in [-0.05, 0) is 71.8 Å². The standard InChI is InChI=1S/C21H25N5O2/c1-27-18-10-6-16(7-11-18)22-21(14-4-3-5-15-21)20-23-24-25-26(20)17-8-12-19(28-2)13-9-17/h6-13,22H,3-5,14-15H2,1-2H3. The van der Waals surface area contributed by atoms with Crippen molar-refractivity contribution >= 4 is 5.69 Å². The van der Waals surface area contributed by atoms with Crippen LogP contribution in [0.2, 0.25) is 0 Å². The topological polar surface area (TPSA) is 74.1 Å². The molecule has 146 valence electrons. The maximum absolute atomic E-state index is 5.28. The van der Waals surface area contributed by atoms with Crippen molar-refractivity contribution in [3.63, 3.8) is 0 Å². The second kappa shape index (κ2) is 7.88. The fourth-order valence-electron chi connectivity index (χ4n) is 3.89. The van der Waals surface area contributed by atoms with Gasteiger partial charge < -0.3 is 14.8 Å². The summed E-state index contributed by atoms with van der Waals surface area (Å²) in [7, 11) is 3.33. The summed E-state index contributed by atoms with van der Waals surface area (Å²) in [5.41, 5.74) is 1.64. The second-order valence-corrected chi connectivity index (χ2v) is 7.11. The Morgan fingerprint density at radius 3 is 2.07 bits per heavy atom. The summed E-state index contributed by atoms with van der Waals surface area (Å²) in [5, 5.41) is 16.5. The van der Waals surface area contributed by atoms with Gasteiger partial charge in [-0.3, -0.25) is 0 Å². The number of methoxy groups -OCH3 is 2. The van der Waals surface area contributed by atoms with E-state index in [1.165, 1.54) is 6.42 Å². The Morgan fingerprint density at radius 1 is 0.857 bits per heavy atom. The van der Waals surface area contributed by atoms with Crippen molar-refractivity contribution in [2.24, 2.45) is 0 Å². The van der Waals surface area contributed by atoms with Crippen molar-refractivity contribution in [2.45, 2.75) is 37.6 Å². The van der Waals surface area contributed by atoms with Crippen LogP contribution in [-0.4, -0.2) is 34.4 Å². The van der Waals surface area contributed by atoms with E-state index in [4.69, 9.17) is 9.47 Å². The van der Waals surface area contributed by atoms with Crippen molar-refractivity contribution in [1.82, 2.24) is 20.2 Å². The van der Waals surface area contributed by atoms with Crippen molar-refractivity contribution in [3.8, 4) is 17.2 Å². The van der Waals surface area contributed by atoms with Crippen LogP contribution in [0.25, 0.3) is 5.69 Å². The quantitative estimate of drug-likeness (QED) is 0.699. The van der Waals surface area contributed by atoms with E-state index in [9.17, 15) is 0 Å². The number of hydrogen-bond donors (Lipinski definition) is 1. The van der Waals surface area contributed by atoms with E-state index in [0.29, 0.717) is 0 Å². The van der Waals surface area contributed by atoms with Gasteiger partial charge in [-0.15, -0.1) is 5.10 Å². The smallest absolute Gasteiger partial charge is 0.181 e. The SMILES string of the molecule is COc1ccc(NC2(c3nnnn3-c3ccc(OC)cc3)CCCCC2)cc1. The van der Waals surface area contributed by atoms with Crippen LogP contribution in [0.15, 0.2) is 48.5 Å². The molecule has 0 radical (unpaired) electrons. The first-order valence-corrected chi connectivity index (χ1v) is 9.60. The largest absolute Gasteiger partial charge is 0.497 e. The summed E-state index contributed by atoms with van der Waals surface area (Å²) in [6, 6.07) is 15.8. The molecule has 0 bridgehead atoms. The van der Waals surface area contributed by atoms with E-state index in [0.717, 1.165) is 54.4 Å². The first-order valence-electron chi connectivity index (χ1n) is 9.60. The van der Waals surface area contributed by atoms with Gasteiger partial charge in [0.15, 0.2) is 5.82 Å². The third kappa shape index (κ3) is 3.52. The predicted molar refractivity (Wildman–Crippen MR) is 107 cm³/mol. The summed E-state index contributed by atoms with van der Waals surface area (Å²) < 4.78 is 12.4. The zero-order valence-corrected chi connectivity index (χ0v) is 16.3. The molecule has 0 atom stereocenters. The lowest BCUT2D eigenvalue weighted by atomic mass is 9.80. The molecular weight excluding hydrogens is 354 g/mol. The number of hydrogen-bond acceptors (Lipinski definition) is 6. The first kappa shape index (κ1) is 18.3. The number of ether oxygens (including phenoxy) is 2. The molecule has 0 aliphatic heterocycles. The Kier molecular flexibility index (Phi) is 5.14. The maximum Gasteiger partial charge on any atom is 0.181 e. The zero-order valence-electron chi connectivity index (χ0n) is 16.3. The van der Waals surface area contributed by atoms with Crippen LogP contribution in [0.3, 0.4) is 0 Å². The Bertz CT molecular complexity index is 899.